The summed E-state index contributed by atoms with van der Waals surface area (Å²) in [7, 11) is 1.57. The Bertz CT molecular complexity index is 1090. The standard InChI is InChI=1S/C21H19BrFN3O4/c1-27-16-6-13-15(24-10-25-21(13)26-12-4-2-3-11(22)5-12)7-17(16)30-18-9-29-19-14(23)8-28-20(18)19/h2-7,10,14,18-20H,8-9H2,1H3,(H,24,25,26)/t14?,18?,19-,20-/m0/s1. The number of methoxy groups -OCH3 is 1. The fraction of sp³-hybridized carbons (Fsp3) is 0.333. The summed E-state index contributed by atoms with van der Waals surface area (Å²) in [5.74, 6) is 1.66. The molecular formula is C21H19BrFN3O4. The van der Waals surface area contributed by atoms with Crippen LogP contribution in [0.5, 0.6) is 11.5 Å². The fourth-order valence-corrected chi connectivity index (χ4v) is 4.20. The Balaban J connectivity index is 1.46. The average molecular weight is 476 g/mol. The summed E-state index contributed by atoms with van der Waals surface area (Å²) in [6.45, 7) is 0.290. The summed E-state index contributed by atoms with van der Waals surface area (Å²) >= 11 is 3.47. The van der Waals surface area contributed by atoms with Gasteiger partial charge in [0, 0.05) is 21.6 Å². The number of rotatable bonds is 5. The number of aromatic nitrogens is 2. The lowest BCUT2D eigenvalue weighted by Crippen LogP contribution is -2.33. The third-order valence-electron chi connectivity index (χ3n) is 5.23. The molecular weight excluding hydrogens is 457 g/mol. The highest BCUT2D eigenvalue weighted by Gasteiger charge is 2.49. The first-order valence-corrected chi connectivity index (χ1v) is 10.3. The number of hydrogen-bond acceptors (Lipinski definition) is 7. The first kappa shape index (κ1) is 19.5. The zero-order chi connectivity index (χ0) is 20.7. The van der Waals surface area contributed by atoms with Gasteiger partial charge in [-0.25, -0.2) is 14.4 Å². The van der Waals surface area contributed by atoms with Crippen molar-refractivity contribution in [2.75, 3.05) is 25.6 Å². The normalized spacial score (nSPS) is 25.3. The summed E-state index contributed by atoms with van der Waals surface area (Å²) < 4.78 is 37.5. The Labute approximate surface area is 180 Å². The van der Waals surface area contributed by atoms with E-state index in [2.05, 4.69) is 31.2 Å². The molecule has 2 aliphatic rings. The summed E-state index contributed by atoms with van der Waals surface area (Å²) in [5.41, 5.74) is 1.57. The Morgan fingerprint density at radius 1 is 1.10 bits per heavy atom. The number of ether oxygens (including phenoxy) is 4. The number of alkyl halides is 1. The van der Waals surface area contributed by atoms with E-state index < -0.39 is 24.5 Å². The number of fused-ring (bicyclic) bond motifs is 2. The number of hydrogen-bond donors (Lipinski definition) is 1. The van der Waals surface area contributed by atoms with Crippen LogP contribution in [-0.4, -0.2) is 54.8 Å². The van der Waals surface area contributed by atoms with Gasteiger partial charge in [-0.05, 0) is 24.3 Å². The second-order valence-electron chi connectivity index (χ2n) is 7.15. The Kier molecular flexibility index (Phi) is 5.18. The molecule has 0 bridgehead atoms. The van der Waals surface area contributed by atoms with Crippen molar-refractivity contribution in [2.45, 2.75) is 24.5 Å². The van der Waals surface area contributed by atoms with Crippen LogP contribution in [0.2, 0.25) is 0 Å². The molecule has 7 nitrogen and oxygen atoms in total. The molecule has 1 aromatic heterocycles. The SMILES string of the molecule is COc1cc2c(Nc3cccc(Br)c3)ncnc2cc1OC1CO[C@H]2C(F)CO[C@@H]12. The van der Waals surface area contributed by atoms with E-state index in [1.54, 1.807) is 13.2 Å². The van der Waals surface area contributed by atoms with Crippen molar-refractivity contribution in [2.24, 2.45) is 0 Å². The zero-order valence-electron chi connectivity index (χ0n) is 16.0. The molecule has 0 saturated carbocycles. The summed E-state index contributed by atoms with van der Waals surface area (Å²) in [6, 6.07) is 11.4. The van der Waals surface area contributed by atoms with E-state index >= 15 is 0 Å². The third kappa shape index (κ3) is 3.57. The van der Waals surface area contributed by atoms with Gasteiger partial charge >= 0.3 is 0 Å². The van der Waals surface area contributed by atoms with Gasteiger partial charge in [-0.1, -0.05) is 22.0 Å². The highest BCUT2D eigenvalue weighted by atomic mass is 79.9. The lowest BCUT2D eigenvalue weighted by Gasteiger charge is -2.20. The topological polar surface area (TPSA) is 74.7 Å². The number of nitrogens with one attached hydrogen (secondary N) is 1. The van der Waals surface area contributed by atoms with E-state index in [1.165, 1.54) is 6.33 Å². The van der Waals surface area contributed by atoms with Crippen LogP contribution in [0.15, 0.2) is 47.2 Å². The van der Waals surface area contributed by atoms with Gasteiger partial charge in [0.2, 0.25) is 0 Å². The Hall–Kier alpha value is -2.49. The third-order valence-corrected chi connectivity index (χ3v) is 5.73. The first-order valence-electron chi connectivity index (χ1n) is 9.51. The van der Waals surface area contributed by atoms with E-state index in [4.69, 9.17) is 18.9 Å². The number of benzene rings is 2. The maximum Gasteiger partial charge on any atom is 0.164 e. The van der Waals surface area contributed by atoms with Gasteiger partial charge in [0.25, 0.3) is 0 Å². The molecule has 5 rings (SSSR count). The number of nitrogens with zero attached hydrogens (tertiary/aromatic N) is 2. The van der Waals surface area contributed by atoms with Crippen LogP contribution in [0.1, 0.15) is 0 Å². The lowest BCUT2D eigenvalue weighted by atomic mass is 10.1. The second-order valence-corrected chi connectivity index (χ2v) is 8.06. The van der Waals surface area contributed by atoms with E-state index in [-0.39, 0.29) is 13.2 Å². The van der Waals surface area contributed by atoms with E-state index in [1.807, 2.05) is 30.3 Å². The minimum atomic E-state index is -1.12. The van der Waals surface area contributed by atoms with E-state index in [9.17, 15) is 4.39 Å². The molecule has 0 amide bonds. The quantitative estimate of drug-likeness (QED) is 0.596. The number of anilines is 2. The molecule has 2 unspecified atom stereocenters. The molecule has 4 atom stereocenters. The molecule has 156 valence electrons. The molecule has 2 saturated heterocycles. The highest BCUT2D eigenvalue weighted by Crippen LogP contribution is 2.38. The monoisotopic (exact) mass is 475 g/mol. The molecule has 3 aromatic rings. The molecule has 9 heteroatoms. The van der Waals surface area contributed by atoms with Crippen molar-refractivity contribution in [1.29, 1.82) is 0 Å². The van der Waals surface area contributed by atoms with E-state index in [0.29, 0.717) is 22.8 Å². The van der Waals surface area contributed by atoms with Crippen molar-refractivity contribution >= 4 is 38.3 Å². The van der Waals surface area contributed by atoms with Crippen molar-refractivity contribution in [3.8, 4) is 11.5 Å². The molecule has 0 spiro atoms. The van der Waals surface area contributed by atoms with Gasteiger partial charge in [0.15, 0.2) is 23.8 Å². The average Bonchev–Trinajstić information content (AvgIpc) is 3.31. The Morgan fingerprint density at radius 3 is 2.80 bits per heavy atom. The van der Waals surface area contributed by atoms with Crippen LogP contribution in [0.4, 0.5) is 15.9 Å². The van der Waals surface area contributed by atoms with Crippen LogP contribution in [0.25, 0.3) is 10.9 Å². The van der Waals surface area contributed by atoms with Gasteiger partial charge < -0.3 is 24.3 Å². The van der Waals surface area contributed by atoms with Crippen molar-refractivity contribution in [3.05, 3.63) is 47.2 Å². The molecule has 0 aliphatic carbocycles. The molecule has 3 heterocycles. The lowest BCUT2D eigenvalue weighted by molar-refractivity contribution is 0.0271. The predicted octanol–water partition coefficient (Wildman–Crippen LogP) is 4.03. The van der Waals surface area contributed by atoms with Gasteiger partial charge in [-0.15, -0.1) is 0 Å². The molecule has 2 aliphatic heterocycles. The van der Waals surface area contributed by atoms with E-state index in [0.717, 1.165) is 15.5 Å². The molecule has 30 heavy (non-hydrogen) atoms. The van der Waals surface area contributed by atoms with Crippen LogP contribution < -0.4 is 14.8 Å². The van der Waals surface area contributed by atoms with Crippen molar-refractivity contribution in [1.82, 2.24) is 9.97 Å². The second kappa shape index (κ2) is 7.98. The van der Waals surface area contributed by atoms with Gasteiger partial charge in [-0.2, -0.15) is 0 Å². The molecule has 0 radical (unpaired) electrons. The van der Waals surface area contributed by atoms with Crippen LogP contribution in [-0.2, 0) is 9.47 Å². The molecule has 2 aromatic carbocycles. The zero-order valence-corrected chi connectivity index (χ0v) is 17.6. The molecule has 2 fully saturated rings. The maximum absolute atomic E-state index is 13.8. The molecule has 1 N–H and O–H groups in total. The van der Waals surface area contributed by atoms with Gasteiger partial charge in [-0.3, -0.25) is 0 Å². The van der Waals surface area contributed by atoms with Crippen LogP contribution in [0, 0.1) is 0 Å². The fourth-order valence-electron chi connectivity index (χ4n) is 3.80. The van der Waals surface area contributed by atoms with Crippen molar-refractivity contribution < 1.29 is 23.3 Å². The summed E-state index contributed by atoms with van der Waals surface area (Å²) in [4.78, 5) is 8.75. The van der Waals surface area contributed by atoms with Gasteiger partial charge in [0.1, 0.15) is 24.4 Å². The largest absolute Gasteiger partial charge is 0.493 e. The number of halogens is 2. The summed E-state index contributed by atoms with van der Waals surface area (Å²) in [5, 5.41) is 4.09. The van der Waals surface area contributed by atoms with Gasteiger partial charge in [0.05, 0.1) is 25.8 Å². The smallest absolute Gasteiger partial charge is 0.164 e. The highest BCUT2D eigenvalue weighted by molar-refractivity contribution is 9.10. The van der Waals surface area contributed by atoms with Crippen molar-refractivity contribution in [3.63, 3.8) is 0 Å². The minimum Gasteiger partial charge on any atom is -0.493 e. The minimum absolute atomic E-state index is 0.0297. The predicted molar refractivity (Wildman–Crippen MR) is 112 cm³/mol. The first-order chi connectivity index (χ1) is 14.6. The summed E-state index contributed by atoms with van der Waals surface area (Å²) in [6.07, 6.45) is -1.06. The maximum atomic E-state index is 13.8. The van der Waals surface area contributed by atoms with Crippen LogP contribution in [0.3, 0.4) is 0 Å². The van der Waals surface area contributed by atoms with Crippen LogP contribution >= 0.6 is 15.9 Å². The Morgan fingerprint density at radius 2 is 1.97 bits per heavy atom.